The first-order chi connectivity index (χ1) is 12.1. The molecule has 1 saturated heterocycles. The molecular formula is C18H25N3O3S. The van der Waals surface area contributed by atoms with E-state index in [2.05, 4.69) is 14.9 Å². The van der Waals surface area contributed by atoms with E-state index in [0.29, 0.717) is 22.9 Å². The van der Waals surface area contributed by atoms with Gasteiger partial charge in [0.15, 0.2) is 0 Å². The van der Waals surface area contributed by atoms with Crippen molar-refractivity contribution in [1.82, 2.24) is 14.9 Å². The molecule has 1 aliphatic heterocycles. The van der Waals surface area contributed by atoms with Gasteiger partial charge < -0.3 is 20.1 Å². The van der Waals surface area contributed by atoms with Crippen molar-refractivity contribution in [3.8, 4) is 0 Å². The first-order valence-corrected chi connectivity index (χ1v) is 9.73. The van der Waals surface area contributed by atoms with E-state index in [-0.39, 0.29) is 12.2 Å². The van der Waals surface area contributed by atoms with E-state index in [1.807, 2.05) is 36.9 Å². The summed E-state index contributed by atoms with van der Waals surface area (Å²) in [5.41, 5.74) is 1.73. The molecule has 0 saturated carbocycles. The van der Waals surface area contributed by atoms with Crippen LogP contribution in [0.4, 0.5) is 0 Å². The van der Waals surface area contributed by atoms with Crippen LogP contribution in [0, 0.1) is 6.92 Å². The van der Waals surface area contributed by atoms with E-state index >= 15 is 0 Å². The zero-order valence-electron chi connectivity index (χ0n) is 14.4. The summed E-state index contributed by atoms with van der Waals surface area (Å²) in [6, 6.07) is 5.66. The highest BCUT2D eigenvalue weighted by Crippen LogP contribution is 2.26. The van der Waals surface area contributed by atoms with Gasteiger partial charge in [0.25, 0.3) is 5.56 Å². The maximum atomic E-state index is 12.2. The molecule has 2 aromatic rings. The number of β-amino-alcohol motifs (C(OH)–C–C–N with tert-alkyl or cyclic N) is 1. The molecule has 1 fully saturated rings. The van der Waals surface area contributed by atoms with Crippen LogP contribution in [0.2, 0.25) is 0 Å². The molecule has 1 unspecified atom stereocenters. The van der Waals surface area contributed by atoms with E-state index < -0.39 is 6.10 Å². The van der Waals surface area contributed by atoms with Crippen LogP contribution >= 0.6 is 11.8 Å². The summed E-state index contributed by atoms with van der Waals surface area (Å²) in [6.07, 6.45) is 1.43. The molecule has 3 N–H and O–H groups in total. The largest absolute Gasteiger partial charge is 0.394 e. The fourth-order valence-corrected chi connectivity index (χ4v) is 4.31. The number of fused-ring (bicyclic) bond motifs is 1. The van der Waals surface area contributed by atoms with Gasteiger partial charge in [0.1, 0.15) is 5.82 Å². The number of aromatic nitrogens is 2. The summed E-state index contributed by atoms with van der Waals surface area (Å²) in [6.45, 7) is 4.18. The molecule has 0 spiro atoms. The number of aliphatic hydroxyl groups is 2. The monoisotopic (exact) mass is 363 g/mol. The maximum absolute atomic E-state index is 12.2. The van der Waals surface area contributed by atoms with Crippen LogP contribution in [0.25, 0.3) is 10.9 Å². The van der Waals surface area contributed by atoms with Gasteiger partial charge in [-0.05, 0) is 44.5 Å². The average Bonchev–Trinajstić information content (AvgIpc) is 2.62. The molecule has 0 radical (unpaired) electrons. The molecule has 0 amide bonds. The van der Waals surface area contributed by atoms with Gasteiger partial charge in [-0.1, -0.05) is 12.1 Å². The van der Waals surface area contributed by atoms with Crippen LogP contribution in [0.1, 0.15) is 24.2 Å². The average molecular weight is 363 g/mol. The number of rotatable bonds is 6. The lowest BCUT2D eigenvalue weighted by atomic mass is 10.1. The molecule has 2 heterocycles. The quantitative estimate of drug-likeness (QED) is 0.716. The number of para-hydroxylation sites is 1. The molecule has 0 aliphatic carbocycles. The van der Waals surface area contributed by atoms with E-state index in [1.165, 1.54) is 0 Å². The predicted molar refractivity (Wildman–Crippen MR) is 101 cm³/mol. The molecular weight excluding hydrogens is 338 g/mol. The Hall–Kier alpha value is -1.41. The Kier molecular flexibility index (Phi) is 6.11. The van der Waals surface area contributed by atoms with Gasteiger partial charge in [0.2, 0.25) is 0 Å². The summed E-state index contributed by atoms with van der Waals surface area (Å²) in [5.74, 6) is 1.43. The van der Waals surface area contributed by atoms with Crippen LogP contribution in [0.5, 0.6) is 0 Å². The number of aliphatic hydroxyl groups excluding tert-OH is 2. The zero-order valence-corrected chi connectivity index (χ0v) is 15.3. The SMILES string of the molecule is Cc1cccc2c(=O)[nH]c(CSC3CCN(CC(O)CO)CC3)nc12. The second kappa shape index (κ2) is 8.31. The molecule has 0 bridgehead atoms. The van der Waals surface area contributed by atoms with Crippen molar-refractivity contribution in [2.75, 3.05) is 26.2 Å². The minimum absolute atomic E-state index is 0.0721. The van der Waals surface area contributed by atoms with Crippen LogP contribution < -0.4 is 5.56 Å². The van der Waals surface area contributed by atoms with Crippen molar-refractivity contribution in [2.45, 2.75) is 36.9 Å². The molecule has 3 rings (SSSR count). The second-order valence-corrected chi connectivity index (χ2v) is 7.92. The Bertz CT molecular complexity index is 772. The molecule has 1 aliphatic rings. The van der Waals surface area contributed by atoms with Crippen LogP contribution in [-0.2, 0) is 5.75 Å². The van der Waals surface area contributed by atoms with Gasteiger partial charge in [-0.2, -0.15) is 11.8 Å². The van der Waals surface area contributed by atoms with Crippen molar-refractivity contribution < 1.29 is 10.2 Å². The molecule has 7 heteroatoms. The highest BCUT2D eigenvalue weighted by molar-refractivity contribution is 7.99. The minimum Gasteiger partial charge on any atom is -0.394 e. The molecule has 6 nitrogen and oxygen atoms in total. The second-order valence-electron chi connectivity index (χ2n) is 6.63. The number of aromatic amines is 1. The summed E-state index contributed by atoms with van der Waals surface area (Å²) >= 11 is 1.83. The van der Waals surface area contributed by atoms with Gasteiger partial charge in [-0.15, -0.1) is 0 Å². The maximum Gasteiger partial charge on any atom is 0.258 e. The topological polar surface area (TPSA) is 89.5 Å². The Morgan fingerprint density at radius 2 is 2.16 bits per heavy atom. The van der Waals surface area contributed by atoms with Gasteiger partial charge >= 0.3 is 0 Å². The summed E-state index contributed by atoms with van der Waals surface area (Å²) in [5, 5.41) is 19.6. The number of H-pyrrole nitrogens is 1. The van der Waals surface area contributed by atoms with Crippen molar-refractivity contribution in [3.63, 3.8) is 0 Å². The molecule has 1 atom stereocenters. The van der Waals surface area contributed by atoms with Crippen LogP contribution in [-0.4, -0.2) is 62.7 Å². The number of hydrogen-bond acceptors (Lipinski definition) is 6. The highest BCUT2D eigenvalue weighted by Gasteiger charge is 2.21. The third-order valence-electron chi connectivity index (χ3n) is 4.66. The van der Waals surface area contributed by atoms with Gasteiger partial charge in [-0.3, -0.25) is 4.79 Å². The van der Waals surface area contributed by atoms with Crippen LogP contribution in [0.15, 0.2) is 23.0 Å². The zero-order chi connectivity index (χ0) is 17.8. The van der Waals surface area contributed by atoms with Crippen molar-refractivity contribution in [2.24, 2.45) is 0 Å². The Morgan fingerprint density at radius 1 is 1.40 bits per heavy atom. The summed E-state index contributed by atoms with van der Waals surface area (Å²) in [7, 11) is 0. The van der Waals surface area contributed by atoms with E-state index in [1.54, 1.807) is 0 Å². The number of aryl methyl sites for hydroxylation is 1. The van der Waals surface area contributed by atoms with Crippen molar-refractivity contribution in [1.29, 1.82) is 0 Å². The molecule has 25 heavy (non-hydrogen) atoms. The van der Waals surface area contributed by atoms with Crippen molar-refractivity contribution in [3.05, 3.63) is 39.9 Å². The number of hydrogen-bond donors (Lipinski definition) is 3. The lowest BCUT2D eigenvalue weighted by molar-refractivity contribution is 0.0539. The Labute approximate surface area is 151 Å². The summed E-state index contributed by atoms with van der Waals surface area (Å²) in [4.78, 5) is 22.0. The minimum atomic E-state index is -0.653. The van der Waals surface area contributed by atoms with Crippen LogP contribution in [0.3, 0.4) is 0 Å². The predicted octanol–water partition coefficient (Wildman–Crippen LogP) is 1.28. The number of nitrogens with zero attached hydrogens (tertiary/aromatic N) is 2. The molecule has 136 valence electrons. The lowest BCUT2D eigenvalue weighted by Gasteiger charge is -2.32. The fraction of sp³-hybridized carbons (Fsp3) is 0.556. The lowest BCUT2D eigenvalue weighted by Crippen LogP contribution is -2.40. The number of benzene rings is 1. The molecule has 1 aromatic heterocycles. The van der Waals surface area contributed by atoms with Gasteiger partial charge in [-0.25, -0.2) is 4.98 Å². The van der Waals surface area contributed by atoms with E-state index in [4.69, 9.17) is 5.11 Å². The third kappa shape index (κ3) is 4.61. The standard InChI is InChI=1S/C18H25N3O3S/c1-12-3-2-4-15-17(12)19-16(20-18(15)24)11-25-14-5-7-21(8-6-14)9-13(23)10-22/h2-4,13-14,22-23H,5-11H2,1H3,(H,19,20,24). The van der Waals surface area contributed by atoms with E-state index in [9.17, 15) is 9.90 Å². The number of thioether (sulfide) groups is 1. The normalized spacial score (nSPS) is 17.9. The first-order valence-electron chi connectivity index (χ1n) is 8.68. The first kappa shape index (κ1) is 18.4. The number of nitrogens with one attached hydrogen (secondary N) is 1. The van der Waals surface area contributed by atoms with E-state index in [0.717, 1.165) is 42.8 Å². The number of piperidine rings is 1. The summed E-state index contributed by atoms with van der Waals surface area (Å²) < 4.78 is 0. The van der Waals surface area contributed by atoms with Crippen molar-refractivity contribution >= 4 is 22.7 Å². The third-order valence-corrected chi connectivity index (χ3v) is 6.04. The van der Waals surface area contributed by atoms with Gasteiger partial charge in [0, 0.05) is 11.8 Å². The van der Waals surface area contributed by atoms with Gasteiger partial charge in [0.05, 0.1) is 29.4 Å². The number of likely N-dealkylation sites (tertiary alicyclic amines) is 1. The Morgan fingerprint density at radius 3 is 2.88 bits per heavy atom. The highest BCUT2D eigenvalue weighted by atomic mass is 32.2. The Balaban J connectivity index is 1.57. The smallest absolute Gasteiger partial charge is 0.258 e. The molecule has 1 aromatic carbocycles. The fourth-order valence-electron chi connectivity index (χ4n) is 3.23.